The molecule has 1 rings (SSSR count). The van der Waals surface area contributed by atoms with E-state index in [0.29, 0.717) is 0 Å². The van der Waals surface area contributed by atoms with Gasteiger partial charge in [-0.1, -0.05) is 18.2 Å². The molecule has 0 N–H and O–H groups in total. The number of amides is 1. The number of carbonyl (C=O) groups is 1. The average molecular weight is 206 g/mol. The Morgan fingerprint density at radius 2 is 2.13 bits per heavy atom. The maximum absolute atomic E-state index is 13.4. The Morgan fingerprint density at radius 3 is 2.60 bits per heavy atom. The first-order valence-electron chi connectivity index (χ1n) is 4.45. The Hall–Kier alpha value is -1.89. The van der Waals surface area contributed by atoms with E-state index in [1.54, 1.807) is 12.1 Å². The van der Waals surface area contributed by atoms with Crippen LogP contribution in [0.4, 0.5) is 4.39 Å². The minimum absolute atomic E-state index is 0.220. The molecule has 0 saturated carbocycles. The van der Waals surface area contributed by atoms with E-state index in [2.05, 4.69) is 0 Å². The lowest BCUT2D eigenvalue weighted by Gasteiger charge is -2.21. The van der Waals surface area contributed by atoms with E-state index >= 15 is 0 Å². The summed E-state index contributed by atoms with van der Waals surface area (Å²) in [5.74, 6) is -0.748. The SMILES string of the molecule is CC(=O)N(C)C(C#N)c1ccccc1F. The summed E-state index contributed by atoms with van der Waals surface area (Å²) in [5, 5.41) is 8.91. The lowest BCUT2D eigenvalue weighted by atomic mass is 10.1. The van der Waals surface area contributed by atoms with Crippen LogP contribution in [0, 0.1) is 17.1 Å². The molecule has 0 saturated heterocycles. The zero-order chi connectivity index (χ0) is 11.4. The van der Waals surface area contributed by atoms with Gasteiger partial charge in [-0.3, -0.25) is 4.79 Å². The molecule has 0 heterocycles. The maximum atomic E-state index is 13.4. The van der Waals surface area contributed by atoms with Crippen molar-refractivity contribution in [2.24, 2.45) is 0 Å². The summed E-state index contributed by atoms with van der Waals surface area (Å²) in [5.41, 5.74) is 0.220. The molecule has 78 valence electrons. The topological polar surface area (TPSA) is 44.1 Å². The molecule has 1 atom stereocenters. The number of rotatable bonds is 2. The van der Waals surface area contributed by atoms with Crippen molar-refractivity contribution in [1.82, 2.24) is 4.90 Å². The summed E-state index contributed by atoms with van der Waals surface area (Å²) in [6.07, 6.45) is 0. The molecule has 0 aliphatic carbocycles. The lowest BCUT2D eigenvalue weighted by molar-refractivity contribution is -0.128. The quantitative estimate of drug-likeness (QED) is 0.741. The van der Waals surface area contributed by atoms with Crippen LogP contribution in [0.3, 0.4) is 0 Å². The number of nitrogens with zero attached hydrogens (tertiary/aromatic N) is 2. The minimum atomic E-state index is -0.872. The van der Waals surface area contributed by atoms with Gasteiger partial charge in [-0.05, 0) is 6.07 Å². The van der Waals surface area contributed by atoms with E-state index in [-0.39, 0.29) is 11.5 Å². The lowest BCUT2D eigenvalue weighted by Crippen LogP contribution is -2.28. The van der Waals surface area contributed by atoms with E-state index in [0.717, 1.165) is 0 Å². The molecule has 0 spiro atoms. The van der Waals surface area contributed by atoms with Gasteiger partial charge in [-0.15, -0.1) is 0 Å². The molecule has 1 amide bonds. The molecular weight excluding hydrogens is 195 g/mol. The fraction of sp³-hybridized carbons (Fsp3) is 0.273. The standard InChI is InChI=1S/C11H11FN2O/c1-8(15)14(2)11(7-13)9-5-3-4-6-10(9)12/h3-6,11H,1-2H3. The van der Waals surface area contributed by atoms with Crippen molar-refractivity contribution in [2.75, 3.05) is 7.05 Å². The molecule has 3 nitrogen and oxygen atoms in total. The van der Waals surface area contributed by atoms with Crippen LogP contribution >= 0.6 is 0 Å². The number of hydrogen-bond donors (Lipinski definition) is 0. The number of benzene rings is 1. The number of carbonyl (C=O) groups excluding carboxylic acids is 1. The molecule has 1 unspecified atom stereocenters. The van der Waals surface area contributed by atoms with E-state index in [1.807, 2.05) is 6.07 Å². The maximum Gasteiger partial charge on any atom is 0.220 e. The predicted octanol–water partition coefficient (Wildman–Crippen LogP) is 1.87. The molecule has 0 aliphatic heterocycles. The first-order valence-corrected chi connectivity index (χ1v) is 4.45. The largest absolute Gasteiger partial charge is 0.326 e. The first kappa shape index (κ1) is 11.2. The third-order valence-corrected chi connectivity index (χ3v) is 2.21. The van der Waals surface area contributed by atoms with Gasteiger partial charge in [0, 0.05) is 19.5 Å². The Kier molecular flexibility index (Phi) is 3.40. The second-order valence-electron chi connectivity index (χ2n) is 3.18. The van der Waals surface area contributed by atoms with Crippen molar-refractivity contribution in [3.8, 4) is 6.07 Å². The van der Waals surface area contributed by atoms with E-state index in [4.69, 9.17) is 5.26 Å². The smallest absolute Gasteiger partial charge is 0.220 e. The normalized spacial score (nSPS) is 11.6. The number of nitriles is 1. The van der Waals surface area contributed by atoms with Crippen LogP contribution in [-0.2, 0) is 4.79 Å². The molecule has 0 fully saturated rings. The summed E-state index contributed by atoms with van der Waals surface area (Å²) in [6, 6.07) is 6.99. The molecule has 1 aromatic rings. The molecular formula is C11H11FN2O. The molecule has 0 bridgehead atoms. The van der Waals surface area contributed by atoms with Crippen LogP contribution in [0.1, 0.15) is 18.5 Å². The van der Waals surface area contributed by atoms with Gasteiger partial charge >= 0.3 is 0 Å². The highest BCUT2D eigenvalue weighted by molar-refractivity contribution is 5.73. The van der Waals surface area contributed by atoms with Crippen molar-refractivity contribution in [1.29, 1.82) is 5.26 Å². The summed E-state index contributed by atoms with van der Waals surface area (Å²) < 4.78 is 13.4. The summed E-state index contributed by atoms with van der Waals surface area (Å²) in [4.78, 5) is 12.3. The van der Waals surface area contributed by atoms with Gasteiger partial charge in [0.25, 0.3) is 0 Å². The predicted molar refractivity (Wildman–Crippen MR) is 53.2 cm³/mol. The number of hydrogen-bond acceptors (Lipinski definition) is 2. The molecule has 15 heavy (non-hydrogen) atoms. The zero-order valence-electron chi connectivity index (χ0n) is 8.57. The highest BCUT2D eigenvalue weighted by atomic mass is 19.1. The van der Waals surface area contributed by atoms with E-state index < -0.39 is 11.9 Å². The van der Waals surface area contributed by atoms with Crippen LogP contribution in [-0.4, -0.2) is 17.9 Å². The highest BCUT2D eigenvalue weighted by Gasteiger charge is 2.21. The van der Waals surface area contributed by atoms with Crippen molar-refractivity contribution in [3.05, 3.63) is 35.6 Å². The second kappa shape index (κ2) is 4.56. The summed E-state index contributed by atoms with van der Waals surface area (Å²) >= 11 is 0. The molecule has 0 radical (unpaired) electrons. The highest BCUT2D eigenvalue weighted by Crippen LogP contribution is 2.21. The molecule has 0 aliphatic rings. The molecule has 1 aromatic carbocycles. The molecule has 0 aromatic heterocycles. The van der Waals surface area contributed by atoms with Gasteiger partial charge < -0.3 is 4.90 Å². The summed E-state index contributed by atoms with van der Waals surface area (Å²) in [7, 11) is 1.47. The fourth-order valence-electron chi connectivity index (χ4n) is 1.24. The van der Waals surface area contributed by atoms with Crippen molar-refractivity contribution < 1.29 is 9.18 Å². The Morgan fingerprint density at radius 1 is 1.53 bits per heavy atom. The van der Waals surface area contributed by atoms with Crippen molar-refractivity contribution >= 4 is 5.91 Å². The average Bonchev–Trinajstić information content (AvgIpc) is 2.21. The van der Waals surface area contributed by atoms with Gasteiger partial charge in [0.05, 0.1) is 6.07 Å². The van der Waals surface area contributed by atoms with Crippen molar-refractivity contribution in [2.45, 2.75) is 13.0 Å². The second-order valence-corrected chi connectivity index (χ2v) is 3.18. The van der Waals surface area contributed by atoms with Crippen LogP contribution < -0.4 is 0 Å². The van der Waals surface area contributed by atoms with Gasteiger partial charge in [-0.2, -0.15) is 5.26 Å². The fourth-order valence-corrected chi connectivity index (χ4v) is 1.24. The van der Waals surface area contributed by atoms with Crippen LogP contribution in [0.25, 0.3) is 0 Å². The van der Waals surface area contributed by atoms with Crippen LogP contribution in [0.2, 0.25) is 0 Å². The van der Waals surface area contributed by atoms with Gasteiger partial charge in [0.2, 0.25) is 5.91 Å². The Balaban J connectivity index is 3.10. The van der Waals surface area contributed by atoms with Gasteiger partial charge in [0.15, 0.2) is 0 Å². The van der Waals surface area contributed by atoms with Crippen molar-refractivity contribution in [3.63, 3.8) is 0 Å². The third kappa shape index (κ3) is 2.32. The monoisotopic (exact) mass is 206 g/mol. The van der Waals surface area contributed by atoms with E-state index in [1.165, 1.54) is 31.0 Å². The summed E-state index contributed by atoms with van der Waals surface area (Å²) in [6.45, 7) is 1.34. The minimum Gasteiger partial charge on any atom is -0.326 e. The third-order valence-electron chi connectivity index (χ3n) is 2.21. The zero-order valence-corrected chi connectivity index (χ0v) is 8.57. The van der Waals surface area contributed by atoms with Gasteiger partial charge in [-0.25, -0.2) is 4.39 Å². The number of halogens is 1. The first-order chi connectivity index (χ1) is 7.07. The Bertz CT molecular complexity index is 411. The van der Waals surface area contributed by atoms with Crippen LogP contribution in [0.5, 0.6) is 0 Å². The van der Waals surface area contributed by atoms with E-state index in [9.17, 15) is 9.18 Å². The molecule has 4 heteroatoms. The van der Waals surface area contributed by atoms with Crippen LogP contribution in [0.15, 0.2) is 24.3 Å². The Labute approximate surface area is 87.7 Å². The van der Waals surface area contributed by atoms with Gasteiger partial charge in [0.1, 0.15) is 11.9 Å².